The number of hydrogen-bond acceptors (Lipinski definition) is 3. The van der Waals surface area contributed by atoms with Gasteiger partial charge in [-0.2, -0.15) is 0 Å². The molecule has 0 saturated heterocycles. The molecule has 0 radical (unpaired) electrons. The van der Waals surface area contributed by atoms with E-state index in [9.17, 15) is 14.0 Å². The van der Waals surface area contributed by atoms with Crippen LogP contribution in [0.15, 0.2) is 18.2 Å². The fraction of sp³-hybridized carbons (Fsp3) is 0.333. The van der Waals surface area contributed by atoms with Crippen LogP contribution in [-0.4, -0.2) is 30.1 Å². The molecule has 3 N–H and O–H groups in total. The van der Waals surface area contributed by atoms with Crippen LogP contribution < -0.4 is 10.6 Å². The number of nitrogens with one attached hydrogen (secondary N) is 2. The third-order valence-corrected chi connectivity index (χ3v) is 2.62. The molecule has 1 aromatic rings. The fourth-order valence-corrected chi connectivity index (χ4v) is 1.40. The minimum absolute atomic E-state index is 0.00452. The first-order valence-corrected chi connectivity index (χ1v) is 5.97. The molecule has 1 aromatic carbocycles. The van der Waals surface area contributed by atoms with Crippen LogP contribution in [0.25, 0.3) is 0 Å². The maximum atomic E-state index is 12.8. The summed E-state index contributed by atoms with van der Waals surface area (Å²) in [4.78, 5) is 22.9. The maximum absolute atomic E-state index is 12.8. The van der Waals surface area contributed by atoms with Gasteiger partial charge >= 0.3 is 11.8 Å². The van der Waals surface area contributed by atoms with Crippen molar-refractivity contribution < 1.29 is 19.1 Å². The summed E-state index contributed by atoms with van der Waals surface area (Å²) in [7, 11) is 0. The monoisotopic (exact) mass is 288 g/mol. The average Bonchev–Trinajstić information content (AvgIpc) is 2.38. The largest absolute Gasteiger partial charge is 0.396 e. The molecule has 104 valence electrons. The lowest BCUT2D eigenvalue weighted by Crippen LogP contribution is -2.38. The molecule has 1 unspecified atom stereocenters. The topological polar surface area (TPSA) is 78.4 Å². The molecular formula is C12H14ClFN2O3. The number of carbonyl (C=O) groups is 2. The van der Waals surface area contributed by atoms with Gasteiger partial charge in [-0.05, 0) is 24.1 Å². The number of rotatable bonds is 4. The second-order valence-electron chi connectivity index (χ2n) is 4.08. The summed E-state index contributed by atoms with van der Waals surface area (Å²) in [5.74, 6) is -2.44. The van der Waals surface area contributed by atoms with Crippen molar-refractivity contribution in [2.75, 3.05) is 18.5 Å². The Morgan fingerprint density at radius 3 is 2.68 bits per heavy atom. The first-order chi connectivity index (χ1) is 8.93. The average molecular weight is 289 g/mol. The number of benzene rings is 1. The molecule has 0 heterocycles. The fourth-order valence-electron chi connectivity index (χ4n) is 1.18. The van der Waals surface area contributed by atoms with Crippen LogP contribution in [0.3, 0.4) is 0 Å². The highest BCUT2D eigenvalue weighted by molar-refractivity contribution is 6.41. The molecule has 0 spiro atoms. The Morgan fingerprint density at radius 1 is 1.42 bits per heavy atom. The molecule has 0 saturated carbocycles. The van der Waals surface area contributed by atoms with E-state index in [2.05, 4.69) is 10.6 Å². The quantitative estimate of drug-likeness (QED) is 0.728. The predicted octanol–water partition coefficient (Wildman–Crippen LogP) is 1.16. The van der Waals surface area contributed by atoms with Crippen LogP contribution in [0.1, 0.15) is 6.92 Å². The van der Waals surface area contributed by atoms with Gasteiger partial charge in [0.1, 0.15) is 5.82 Å². The summed E-state index contributed by atoms with van der Waals surface area (Å²) < 4.78 is 12.8. The zero-order valence-electron chi connectivity index (χ0n) is 10.2. The highest BCUT2D eigenvalue weighted by Gasteiger charge is 2.15. The maximum Gasteiger partial charge on any atom is 0.313 e. The van der Waals surface area contributed by atoms with Crippen LogP contribution in [0, 0.1) is 11.7 Å². The first kappa shape index (κ1) is 15.4. The number of anilines is 1. The minimum Gasteiger partial charge on any atom is -0.396 e. The van der Waals surface area contributed by atoms with Crippen molar-refractivity contribution in [2.45, 2.75) is 6.92 Å². The Kier molecular flexibility index (Phi) is 5.72. The van der Waals surface area contributed by atoms with Gasteiger partial charge in [-0.1, -0.05) is 18.5 Å². The van der Waals surface area contributed by atoms with Crippen LogP contribution in [-0.2, 0) is 9.59 Å². The van der Waals surface area contributed by atoms with E-state index in [0.717, 1.165) is 12.1 Å². The SMILES string of the molecule is CC(CO)CNC(=O)C(=O)Nc1ccc(F)cc1Cl. The van der Waals surface area contributed by atoms with Crippen molar-refractivity contribution in [3.63, 3.8) is 0 Å². The number of carbonyl (C=O) groups excluding carboxylic acids is 2. The number of amides is 2. The number of halogens is 2. The second-order valence-corrected chi connectivity index (χ2v) is 4.48. The normalized spacial score (nSPS) is 11.8. The summed E-state index contributed by atoms with van der Waals surface area (Å²) in [6.45, 7) is 1.81. The van der Waals surface area contributed by atoms with E-state index < -0.39 is 17.6 Å². The molecule has 0 aromatic heterocycles. The Labute approximate surface area is 114 Å². The summed E-state index contributed by atoms with van der Waals surface area (Å²) in [5.41, 5.74) is 0.151. The molecule has 0 aliphatic heterocycles. The van der Waals surface area contributed by atoms with Gasteiger partial charge in [-0.15, -0.1) is 0 Å². The lowest BCUT2D eigenvalue weighted by molar-refractivity contribution is -0.136. The molecule has 0 aliphatic carbocycles. The highest BCUT2D eigenvalue weighted by atomic mass is 35.5. The van der Waals surface area contributed by atoms with Gasteiger partial charge in [0.15, 0.2) is 0 Å². The lowest BCUT2D eigenvalue weighted by atomic mass is 10.2. The zero-order valence-corrected chi connectivity index (χ0v) is 11.0. The third kappa shape index (κ3) is 4.84. The summed E-state index contributed by atoms with van der Waals surface area (Å²) in [5, 5.41) is 13.4. The molecule has 0 bridgehead atoms. The molecule has 1 rings (SSSR count). The third-order valence-electron chi connectivity index (χ3n) is 2.31. The van der Waals surface area contributed by atoms with Crippen LogP contribution >= 0.6 is 11.6 Å². The van der Waals surface area contributed by atoms with E-state index in [1.54, 1.807) is 6.92 Å². The Morgan fingerprint density at radius 2 is 2.11 bits per heavy atom. The van der Waals surface area contributed by atoms with Gasteiger partial charge in [-0.25, -0.2) is 4.39 Å². The van der Waals surface area contributed by atoms with E-state index in [0.29, 0.717) is 0 Å². The molecule has 1 atom stereocenters. The molecule has 2 amide bonds. The lowest BCUT2D eigenvalue weighted by Gasteiger charge is -2.10. The zero-order chi connectivity index (χ0) is 14.4. The molecule has 0 aliphatic rings. The van der Waals surface area contributed by atoms with Crippen LogP contribution in [0.2, 0.25) is 5.02 Å². The summed E-state index contributed by atoms with van der Waals surface area (Å²) in [6, 6.07) is 3.41. The Bertz CT molecular complexity index is 482. The van der Waals surface area contributed by atoms with Crippen molar-refractivity contribution in [1.29, 1.82) is 0 Å². The number of hydrogen-bond donors (Lipinski definition) is 3. The van der Waals surface area contributed by atoms with E-state index >= 15 is 0 Å². The van der Waals surface area contributed by atoms with Gasteiger partial charge in [0, 0.05) is 13.2 Å². The van der Waals surface area contributed by atoms with Crippen molar-refractivity contribution in [3.05, 3.63) is 29.0 Å². The summed E-state index contributed by atoms with van der Waals surface area (Å²) >= 11 is 5.71. The van der Waals surface area contributed by atoms with Crippen LogP contribution in [0.4, 0.5) is 10.1 Å². The van der Waals surface area contributed by atoms with Crippen molar-refractivity contribution in [1.82, 2.24) is 5.32 Å². The predicted molar refractivity (Wildman–Crippen MR) is 69.3 cm³/mol. The van der Waals surface area contributed by atoms with E-state index in [4.69, 9.17) is 16.7 Å². The van der Waals surface area contributed by atoms with Gasteiger partial charge in [0.25, 0.3) is 0 Å². The molecule has 7 heteroatoms. The van der Waals surface area contributed by atoms with Gasteiger partial charge in [0.2, 0.25) is 0 Å². The van der Waals surface area contributed by atoms with E-state index in [-0.39, 0.29) is 29.8 Å². The summed E-state index contributed by atoms with van der Waals surface area (Å²) in [6.07, 6.45) is 0. The second kappa shape index (κ2) is 7.06. The molecule has 0 fully saturated rings. The van der Waals surface area contributed by atoms with Crippen LogP contribution in [0.5, 0.6) is 0 Å². The smallest absolute Gasteiger partial charge is 0.313 e. The van der Waals surface area contributed by atoms with E-state index in [1.807, 2.05) is 0 Å². The minimum atomic E-state index is -0.904. The highest BCUT2D eigenvalue weighted by Crippen LogP contribution is 2.22. The van der Waals surface area contributed by atoms with Crippen molar-refractivity contribution >= 4 is 29.1 Å². The molecule has 5 nitrogen and oxygen atoms in total. The molecule has 19 heavy (non-hydrogen) atoms. The Balaban J connectivity index is 2.56. The standard InChI is InChI=1S/C12H14ClFN2O3/c1-7(6-17)5-15-11(18)12(19)16-10-3-2-8(14)4-9(10)13/h2-4,7,17H,5-6H2,1H3,(H,15,18)(H,16,19). The van der Waals surface area contributed by atoms with Gasteiger partial charge < -0.3 is 15.7 Å². The van der Waals surface area contributed by atoms with Gasteiger partial charge in [-0.3, -0.25) is 9.59 Å². The molecular weight excluding hydrogens is 275 g/mol. The first-order valence-electron chi connectivity index (χ1n) is 5.59. The Hall–Kier alpha value is -1.66. The van der Waals surface area contributed by atoms with E-state index in [1.165, 1.54) is 6.07 Å². The van der Waals surface area contributed by atoms with Crippen molar-refractivity contribution in [2.24, 2.45) is 5.92 Å². The van der Waals surface area contributed by atoms with Crippen molar-refractivity contribution in [3.8, 4) is 0 Å². The number of aliphatic hydroxyl groups is 1. The van der Waals surface area contributed by atoms with Gasteiger partial charge in [0.05, 0.1) is 10.7 Å². The number of aliphatic hydroxyl groups excluding tert-OH is 1.